The first kappa shape index (κ1) is 34.7. The number of ether oxygens (including phenoxy) is 2. The monoisotopic (exact) mass is 684 g/mol. The van der Waals surface area contributed by atoms with Gasteiger partial charge < -0.3 is 25.0 Å². The zero-order chi connectivity index (χ0) is 35.0. The number of nitrogens with zero attached hydrogens (tertiary/aromatic N) is 3. The maximum atomic E-state index is 14.8. The van der Waals surface area contributed by atoms with Crippen LogP contribution in [0, 0.1) is 11.6 Å². The summed E-state index contributed by atoms with van der Waals surface area (Å²) in [5.41, 5.74) is -0.497. The lowest BCUT2D eigenvalue weighted by atomic mass is 10.0. The number of rotatable bonds is 6. The van der Waals surface area contributed by atoms with E-state index in [1.54, 1.807) is 41.5 Å². The summed E-state index contributed by atoms with van der Waals surface area (Å²) in [6, 6.07) is 3.05. The predicted octanol–water partition coefficient (Wildman–Crippen LogP) is 6.71. The number of Topliss-reactive ketones (excluding diaryl/α,β-unsaturated/α-hetero) is 1. The van der Waals surface area contributed by atoms with Crippen molar-refractivity contribution in [2.24, 2.45) is 0 Å². The number of carbonyl (C=O) groups is 4. The van der Waals surface area contributed by atoms with Gasteiger partial charge in [0, 0.05) is 31.1 Å². The van der Waals surface area contributed by atoms with Gasteiger partial charge in [0.05, 0.1) is 23.1 Å². The largest absolute Gasteiger partial charge is 0.444 e. The van der Waals surface area contributed by atoms with Gasteiger partial charge in [-0.25, -0.2) is 23.4 Å². The van der Waals surface area contributed by atoms with Gasteiger partial charge in [-0.05, 0) is 72.9 Å². The van der Waals surface area contributed by atoms with E-state index < -0.39 is 46.5 Å². The molecule has 2 aliphatic rings. The molecule has 12 nitrogen and oxygen atoms in total. The number of hydrogen-bond acceptors (Lipinski definition) is 10. The lowest BCUT2D eigenvalue weighted by Crippen LogP contribution is -2.49. The van der Waals surface area contributed by atoms with Gasteiger partial charge in [0.2, 0.25) is 0 Å². The third-order valence-electron chi connectivity index (χ3n) is 7.36. The smallest absolute Gasteiger partial charge is 0.412 e. The Hall–Kier alpha value is -4.66. The number of carbonyl (C=O) groups excluding carboxylic acids is 4. The van der Waals surface area contributed by atoms with Gasteiger partial charge in [0.1, 0.15) is 38.5 Å². The second kappa shape index (κ2) is 13.5. The summed E-state index contributed by atoms with van der Waals surface area (Å²) in [7, 11) is 0. The molecule has 5 rings (SSSR count). The predicted molar refractivity (Wildman–Crippen MR) is 177 cm³/mol. The van der Waals surface area contributed by atoms with Crippen LogP contribution >= 0.6 is 11.3 Å². The minimum absolute atomic E-state index is 0.0927. The summed E-state index contributed by atoms with van der Waals surface area (Å²) in [6.45, 7) is 11.2. The summed E-state index contributed by atoms with van der Waals surface area (Å²) in [6.07, 6.45) is 1.99. The topological polar surface area (TPSA) is 152 Å². The second-order valence-electron chi connectivity index (χ2n) is 13.6. The average molecular weight is 685 g/mol. The van der Waals surface area contributed by atoms with Crippen molar-refractivity contribution >= 4 is 51.6 Å². The number of amides is 3. The van der Waals surface area contributed by atoms with Crippen molar-refractivity contribution in [3.05, 3.63) is 53.0 Å². The van der Waals surface area contributed by atoms with Gasteiger partial charge in [0.15, 0.2) is 11.5 Å². The molecule has 1 aromatic carbocycles. The van der Waals surface area contributed by atoms with Crippen molar-refractivity contribution in [2.45, 2.75) is 84.5 Å². The number of hydrogen-bond donors (Lipinski definition) is 3. The molecule has 256 valence electrons. The molecule has 48 heavy (non-hydrogen) atoms. The Bertz CT molecular complexity index is 1750. The molecule has 2 aromatic heterocycles. The Kier molecular flexibility index (Phi) is 9.72. The lowest BCUT2D eigenvalue weighted by molar-refractivity contribution is 0.0498. The zero-order valence-electron chi connectivity index (χ0n) is 27.6. The van der Waals surface area contributed by atoms with E-state index in [1.807, 2.05) is 4.90 Å². The third kappa shape index (κ3) is 8.06. The number of halogens is 2. The second-order valence-corrected chi connectivity index (χ2v) is 14.6. The average Bonchev–Trinajstić information content (AvgIpc) is 3.54. The fraction of sp³-hybridized carbons (Fsp3) is 0.455. The van der Waals surface area contributed by atoms with E-state index in [0.717, 1.165) is 12.1 Å². The first-order valence-electron chi connectivity index (χ1n) is 15.5. The van der Waals surface area contributed by atoms with Gasteiger partial charge in [-0.1, -0.05) is 17.4 Å². The van der Waals surface area contributed by atoms with Crippen LogP contribution in [0.4, 0.5) is 34.7 Å². The van der Waals surface area contributed by atoms with Crippen molar-refractivity contribution in [1.29, 1.82) is 0 Å². The summed E-state index contributed by atoms with van der Waals surface area (Å²) in [5.74, 6) is -2.71. The number of pyridine rings is 1. The van der Waals surface area contributed by atoms with E-state index in [4.69, 9.17) is 9.47 Å². The number of ketones is 1. The van der Waals surface area contributed by atoms with Crippen LogP contribution in [-0.4, -0.2) is 64.2 Å². The maximum Gasteiger partial charge on any atom is 0.412 e. The zero-order valence-corrected chi connectivity index (χ0v) is 28.4. The van der Waals surface area contributed by atoms with Gasteiger partial charge in [-0.3, -0.25) is 19.9 Å². The molecule has 15 heteroatoms. The Morgan fingerprint density at radius 3 is 2.31 bits per heavy atom. The van der Waals surface area contributed by atoms with Crippen LogP contribution < -0.4 is 20.9 Å². The number of benzene rings is 1. The Balaban J connectivity index is 1.49. The quantitative estimate of drug-likeness (QED) is 0.257. The SMILES string of the molecule is CC(C)(C)OC(=O)Nc1sc(-c2c(F)cccc2F)nc1C(=O)Nc1cnc2c(c1N1CCCC(NC(=O)OC(C)(C)C)C1)CCC2=O. The molecule has 0 bridgehead atoms. The van der Waals surface area contributed by atoms with E-state index in [9.17, 15) is 28.0 Å². The highest BCUT2D eigenvalue weighted by Gasteiger charge is 2.33. The number of piperidine rings is 1. The Morgan fingerprint density at radius 2 is 1.65 bits per heavy atom. The van der Waals surface area contributed by atoms with Crippen molar-refractivity contribution in [3.63, 3.8) is 0 Å². The molecule has 1 atom stereocenters. The van der Waals surface area contributed by atoms with Crippen LogP contribution in [-0.2, 0) is 15.9 Å². The summed E-state index contributed by atoms with van der Waals surface area (Å²) in [5, 5.41) is 7.95. The number of fused-ring (bicyclic) bond motifs is 1. The van der Waals surface area contributed by atoms with Crippen molar-refractivity contribution in [1.82, 2.24) is 15.3 Å². The van der Waals surface area contributed by atoms with E-state index in [0.29, 0.717) is 60.6 Å². The molecular weight excluding hydrogens is 646 g/mol. The summed E-state index contributed by atoms with van der Waals surface area (Å²) < 4.78 is 40.3. The van der Waals surface area contributed by atoms with Crippen LogP contribution in [0.5, 0.6) is 0 Å². The molecule has 0 saturated carbocycles. The van der Waals surface area contributed by atoms with Gasteiger partial charge in [-0.15, -0.1) is 0 Å². The Morgan fingerprint density at radius 1 is 0.979 bits per heavy atom. The molecule has 1 aliphatic heterocycles. The molecule has 1 unspecified atom stereocenters. The minimum Gasteiger partial charge on any atom is -0.444 e. The summed E-state index contributed by atoms with van der Waals surface area (Å²) in [4.78, 5) is 62.5. The fourth-order valence-electron chi connectivity index (χ4n) is 5.55. The highest BCUT2D eigenvalue weighted by atomic mass is 32.1. The standard InChI is InChI=1S/C33H38F2N6O6S/c1-32(2,3)46-30(44)37-17-9-8-14-41(16-17)26-18-12-13-22(42)24(18)36-15-21(26)38-27(43)25-29(40-31(45)47-33(4,5)6)48-28(39-25)23-19(34)10-7-11-20(23)35/h7,10-11,15,17H,8-9,12-14,16H2,1-6H3,(H,37,44)(H,38,43)(H,40,45). The molecule has 1 saturated heterocycles. The molecule has 3 heterocycles. The van der Waals surface area contributed by atoms with Gasteiger partial charge in [0.25, 0.3) is 5.91 Å². The van der Waals surface area contributed by atoms with Crippen LogP contribution in [0.25, 0.3) is 10.6 Å². The van der Waals surface area contributed by atoms with Gasteiger partial charge in [-0.2, -0.15) is 0 Å². The van der Waals surface area contributed by atoms with Crippen molar-refractivity contribution in [2.75, 3.05) is 28.6 Å². The minimum atomic E-state index is -0.894. The third-order valence-corrected chi connectivity index (χ3v) is 8.34. The molecule has 1 aliphatic carbocycles. The number of alkyl carbamates (subject to hydrolysis) is 1. The highest BCUT2D eigenvalue weighted by Crippen LogP contribution is 2.40. The molecule has 1 fully saturated rings. The normalized spacial score (nSPS) is 16.3. The lowest BCUT2D eigenvalue weighted by Gasteiger charge is -2.37. The number of aromatic nitrogens is 2. The molecular formula is C33H38F2N6O6S. The van der Waals surface area contributed by atoms with E-state index >= 15 is 0 Å². The van der Waals surface area contributed by atoms with Crippen LogP contribution in [0.15, 0.2) is 24.4 Å². The first-order chi connectivity index (χ1) is 22.5. The Labute approximate surface area is 280 Å². The molecule has 0 spiro atoms. The van der Waals surface area contributed by atoms with Gasteiger partial charge >= 0.3 is 12.2 Å². The van der Waals surface area contributed by atoms with E-state index in [1.165, 1.54) is 12.3 Å². The number of nitrogens with one attached hydrogen (secondary N) is 3. The number of anilines is 3. The summed E-state index contributed by atoms with van der Waals surface area (Å²) >= 11 is 0.710. The number of thiazole rings is 1. The molecule has 3 amide bonds. The highest BCUT2D eigenvalue weighted by molar-refractivity contribution is 7.19. The maximum absolute atomic E-state index is 14.8. The first-order valence-corrected chi connectivity index (χ1v) is 16.4. The van der Waals surface area contributed by atoms with Crippen molar-refractivity contribution in [3.8, 4) is 10.6 Å². The van der Waals surface area contributed by atoms with E-state index in [2.05, 4.69) is 25.9 Å². The fourth-order valence-corrected chi connectivity index (χ4v) is 6.54. The molecule has 3 aromatic rings. The molecule has 3 N–H and O–H groups in total. The van der Waals surface area contributed by atoms with Crippen LogP contribution in [0.1, 0.15) is 87.3 Å². The van der Waals surface area contributed by atoms with E-state index in [-0.39, 0.29) is 39.6 Å². The van der Waals surface area contributed by atoms with Crippen LogP contribution in [0.3, 0.4) is 0 Å². The van der Waals surface area contributed by atoms with Crippen molar-refractivity contribution < 1.29 is 37.4 Å². The van der Waals surface area contributed by atoms with Crippen LogP contribution in [0.2, 0.25) is 0 Å². The molecule has 0 radical (unpaired) electrons.